The first kappa shape index (κ1) is 12.3. The number of hydrogen-bond donors (Lipinski definition) is 5. The van der Waals surface area contributed by atoms with Crippen molar-refractivity contribution >= 4 is 5.91 Å². The molecule has 1 saturated heterocycles. The predicted molar refractivity (Wildman–Crippen MR) is 47.0 cm³/mol. The van der Waals surface area contributed by atoms with Crippen molar-refractivity contribution in [1.29, 1.82) is 0 Å². The van der Waals surface area contributed by atoms with E-state index in [1.54, 1.807) is 0 Å². The molecule has 0 spiro atoms. The Bertz CT molecular complexity index is 233. The van der Waals surface area contributed by atoms with E-state index in [2.05, 4.69) is 5.32 Å². The number of amides is 1. The van der Waals surface area contributed by atoms with Gasteiger partial charge in [-0.1, -0.05) is 0 Å². The Balaban J connectivity index is 2.69. The van der Waals surface area contributed by atoms with Crippen LogP contribution in [0.5, 0.6) is 0 Å². The van der Waals surface area contributed by atoms with Gasteiger partial charge >= 0.3 is 0 Å². The van der Waals surface area contributed by atoms with Crippen LogP contribution < -0.4 is 5.32 Å². The summed E-state index contributed by atoms with van der Waals surface area (Å²) in [4.78, 5) is 10.7. The molecule has 87 valence electrons. The second kappa shape index (κ2) is 4.86. The molecule has 1 fully saturated rings. The molecule has 0 aromatic rings. The highest BCUT2D eigenvalue weighted by Gasteiger charge is 2.44. The van der Waals surface area contributed by atoms with Crippen LogP contribution in [0.3, 0.4) is 0 Å². The number of rotatable bonds is 2. The van der Waals surface area contributed by atoms with Crippen molar-refractivity contribution in [2.45, 2.75) is 31.3 Å². The van der Waals surface area contributed by atoms with Gasteiger partial charge in [0.25, 0.3) is 0 Å². The third kappa shape index (κ3) is 2.64. The van der Waals surface area contributed by atoms with Gasteiger partial charge in [-0.2, -0.15) is 0 Å². The van der Waals surface area contributed by atoms with Gasteiger partial charge in [-0.3, -0.25) is 4.79 Å². The topological polar surface area (TPSA) is 119 Å². The van der Waals surface area contributed by atoms with Crippen molar-refractivity contribution in [3.63, 3.8) is 0 Å². The lowest BCUT2D eigenvalue weighted by atomic mass is 9.98. The highest BCUT2D eigenvalue weighted by molar-refractivity contribution is 5.74. The van der Waals surface area contributed by atoms with E-state index in [1.807, 2.05) is 0 Å². The van der Waals surface area contributed by atoms with Gasteiger partial charge < -0.3 is 30.5 Å². The first-order valence-electron chi connectivity index (χ1n) is 4.43. The molecule has 0 saturated carbocycles. The number of carbonyl (C=O) groups is 1. The zero-order valence-corrected chi connectivity index (χ0v) is 8.12. The number of aliphatic hydroxyl groups excluding tert-OH is 4. The van der Waals surface area contributed by atoms with E-state index in [0.717, 1.165) is 0 Å². The first-order chi connectivity index (χ1) is 6.97. The highest BCUT2D eigenvalue weighted by atomic mass is 16.6. The highest BCUT2D eigenvalue weighted by Crippen LogP contribution is 2.23. The summed E-state index contributed by atoms with van der Waals surface area (Å²) in [7, 11) is 0. The van der Waals surface area contributed by atoms with Crippen LogP contribution in [0.1, 0.15) is 6.92 Å². The molecule has 1 rings (SSSR count). The maximum atomic E-state index is 10.7. The number of aliphatic hydroxyl groups is 4. The summed E-state index contributed by atoms with van der Waals surface area (Å²) < 4.78 is 4.92. The summed E-state index contributed by atoms with van der Waals surface area (Å²) in [5, 5.41) is 39.1. The molecule has 0 aromatic heterocycles. The smallest absolute Gasteiger partial charge is 0.221 e. The molecule has 0 bridgehead atoms. The molecule has 15 heavy (non-hydrogen) atoms. The lowest BCUT2D eigenvalue weighted by Gasteiger charge is -2.38. The van der Waals surface area contributed by atoms with Crippen LogP contribution in [0, 0.1) is 6.23 Å². The second-order valence-electron chi connectivity index (χ2n) is 3.31. The van der Waals surface area contributed by atoms with Crippen molar-refractivity contribution < 1.29 is 30.0 Å². The molecule has 0 unspecified atom stereocenters. The van der Waals surface area contributed by atoms with E-state index >= 15 is 0 Å². The Hall–Kier alpha value is -0.730. The third-order valence-corrected chi connectivity index (χ3v) is 2.08. The molecule has 1 heterocycles. The summed E-state index contributed by atoms with van der Waals surface area (Å²) in [5.74, 6) is -0.482. The summed E-state index contributed by atoms with van der Waals surface area (Å²) in [6, 6.07) is 0. The lowest BCUT2D eigenvalue weighted by Crippen LogP contribution is -2.59. The zero-order valence-electron chi connectivity index (χ0n) is 8.12. The van der Waals surface area contributed by atoms with Crippen LogP contribution >= 0.6 is 0 Å². The fraction of sp³-hybridized carbons (Fsp3) is 0.750. The van der Waals surface area contributed by atoms with Crippen molar-refractivity contribution in [2.75, 3.05) is 6.61 Å². The zero-order chi connectivity index (χ0) is 11.6. The number of nitrogens with one attached hydrogen (secondary N) is 1. The average molecular weight is 220 g/mol. The van der Waals surface area contributed by atoms with Crippen LogP contribution in [0.15, 0.2) is 0 Å². The van der Waals surface area contributed by atoms with Gasteiger partial charge in [-0.25, -0.2) is 0 Å². The number of carbonyl (C=O) groups excluding carboxylic acids is 1. The number of ether oxygens (including phenoxy) is 1. The average Bonchev–Trinajstić information content (AvgIpc) is 2.18. The quantitative estimate of drug-likeness (QED) is 0.340. The van der Waals surface area contributed by atoms with E-state index in [1.165, 1.54) is 6.92 Å². The van der Waals surface area contributed by atoms with Gasteiger partial charge in [0, 0.05) is 6.92 Å². The van der Waals surface area contributed by atoms with Gasteiger partial charge in [0.15, 0.2) is 0 Å². The normalized spacial score (nSPS) is 37.7. The Labute approximate surface area is 86.3 Å². The van der Waals surface area contributed by atoms with Crippen molar-refractivity contribution in [1.82, 2.24) is 5.32 Å². The minimum absolute atomic E-state index is 0.264. The SMILES string of the molecule is CC(=O)N[C]1O[C@H](CO)[C@@H](O)[C@H](O)[C@H]1O. The van der Waals surface area contributed by atoms with Gasteiger partial charge in [0.2, 0.25) is 12.1 Å². The van der Waals surface area contributed by atoms with Crippen LogP contribution in [0.2, 0.25) is 0 Å². The third-order valence-electron chi connectivity index (χ3n) is 2.08. The summed E-state index contributed by atoms with van der Waals surface area (Å²) in [6.45, 7) is 0.669. The fourth-order valence-corrected chi connectivity index (χ4v) is 1.29. The predicted octanol–water partition coefficient (Wildman–Crippen LogP) is -2.91. The molecular weight excluding hydrogens is 206 g/mol. The largest absolute Gasteiger partial charge is 0.394 e. The van der Waals surface area contributed by atoms with Crippen molar-refractivity contribution in [3.05, 3.63) is 6.23 Å². The Morgan fingerprint density at radius 2 is 2.00 bits per heavy atom. The van der Waals surface area contributed by atoms with Gasteiger partial charge in [0.05, 0.1) is 6.61 Å². The molecule has 4 atom stereocenters. The second-order valence-corrected chi connectivity index (χ2v) is 3.31. The Kier molecular flexibility index (Phi) is 4.00. The molecule has 1 aliphatic rings. The fourth-order valence-electron chi connectivity index (χ4n) is 1.29. The molecule has 1 aliphatic heterocycles. The molecule has 1 amide bonds. The van der Waals surface area contributed by atoms with E-state index in [9.17, 15) is 20.1 Å². The molecule has 5 N–H and O–H groups in total. The summed E-state index contributed by atoms with van der Waals surface area (Å²) in [6.07, 6.45) is -5.74. The maximum absolute atomic E-state index is 10.7. The molecular formula is C8H14NO6. The Morgan fingerprint density at radius 1 is 1.40 bits per heavy atom. The lowest BCUT2D eigenvalue weighted by molar-refractivity contribution is -0.196. The standard InChI is InChI=1S/C8H14NO6/c1-3(11)9-8-7(14)6(13)5(12)4(2-10)15-8/h4-7,10,12-14H,2H2,1H3,(H,9,11)/t4-,5-,6+,7-/m1/s1. The Morgan fingerprint density at radius 3 is 2.47 bits per heavy atom. The van der Waals surface area contributed by atoms with Crippen LogP contribution in [-0.2, 0) is 9.53 Å². The number of hydrogen-bond acceptors (Lipinski definition) is 6. The van der Waals surface area contributed by atoms with Gasteiger partial charge in [-0.15, -0.1) is 0 Å². The molecule has 7 heteroatoms. The van der Waals surface area contributed by atoms with E-state index in [-0.39, 0.29) is 6.23 Å². The summed E-state index contributed by atoms with van der Waals surface area (Å²) in [5.41, 5.74) is 0. The van der Waals surface area contributed by atoms with Crippen LogP contribution in [0.4, 0.5) is 0 Å². The maximum Gasteiger partial charge on any atom is 0.221 e. The molecule has 1 radical (unpaired) electrons. The van der Waals surface area contributed by atoms with Crippen molar-refractivity contribution in [3.8, 4) is 0 Å². The van der Waals surface area contributed by atoms with E-state index in [4.69, 9.17) is 9.84 Å². The molecule has 0 aliphatic carbocycles. The monoisotopic (exact) mass is 220 g/mol. The minimum atomic E-state index is -1.51. The van der Waals surface area contributed by atoms with Crippen LogP contribution in [0.25, 0.3) is 0 Å². The minimum Gasteiger partial charge on any atom is -0.394 e. The molecule has 0 aromatic carbocycles. The summed E-state index contributed by atoms with van der Waals surface area (Å²) >= 11 is 0. The van der Waals surface area contributed by atoms with Gasteiger partial charge in [0.1, 0.15) is 24.4 Å². The molecule has 7 nitrogen and oxygen atoms in total. The van der Waals surface area contributed by atoms with E-state index in [0.29, 0.717) is 0 Å². The first-order valence-corrected chi connectivity index (χ1v) is 4.43. The van der Waals surface area contributed by atoms with Crippen LogP contribution in [-0.4, -0.2) is 57.4 Å². The van der Waals surface area contributed by atoms with Gasteiger partial charge in [-0.05, 0) is 0 Å². The van der Waals surface area contributed by atoms with Crippen molar-refractivity contribution in [2.24, 2.45) is 0 Å². The van der Waals surface area contributed by atoms with E-state index < -0.39 is 36.9 Å².